The lowest BCUT2D eigenvalue weighted by Gasteiger charge is -2.31. The number of rotatable bonds is 7. The van der Waals surface area contributed by atoms with Gasteiger partial charge in [0, 0.05) is 13.1 Å². The van der Waals surface area contributed by atoms with Gasteiger partial charge in [0.05, 0.1) is 12.5 Å². The molecule has 0 N–H and O–H groups in total. The lowest BCUT2D eigenvalue weighted by atomic mass is 9.97. The molecule has 0 amide bonds. The van der Waals surface area contributed by atoms with E-state index in [-0.39, 0.29) is 11.9 Å². The molecule has 0 radical (unpaired) electrons. The van der Waals surface area contributed by atoms with Crippen molar-refractivity contribution >= 4 is 5.97 Å². The minimum absolute atomic E-state index is 0.00112. The number of nitrogens with zero attached hydrogens (tertiary/aromatic N) is 1. The summed E-state index contributed by atoms with van der Waals surface area (Å²) in [6.45, 7) is 5.51. The summed E-state index contributed by atoms with van der Waals surface area (Å²) in [7, 11) is 0. The van der Waals surface area contributed by atoms with Gasteiger partial charge in [0.25, 0.3) is 0 Å². The molecule has 2 aromatic rings. The normalized spacial score (nSPS) is 17.7. The number of carbonyl (C=O) groups is 1. The van der Waals surface area contributed by atoms with Gasteiger partial charge in [-0.1, -0.05) is 42.5 Å². The van der Waals surface area contributed by atoms with Gasteiger partial charge in [0.15, 0.2) is 0 Å². The molecule has 0 saturated carbocycles. The number of benzene rings is 2. The molecule has 138 valence electrons. The number of carbonyl (C=O) groups excluding carboxylic acids is 1. The quantitative estimate of drug-likeness (QED) is 0.704. The molecular formula is C22H27NO3. The summed E-state index contributed by atoms with van der Waals surface area (Å²) >= 11 is 0. The molecule has 1 aliphatic rings. The standard InChI is InChI=1S/C22H27NO3/c1-2-25-22(24)20-11-7-13-23(16-20)15-19-10-6-12-21(14-19)26-17-18-8-4-3-5-9-18/h3-6,8-10,12,14,20H,2,7,11,13,15-17H2,1H3/t20-/m1/s1. The zero-order valence-corrected chi connectivity index (χ0v) is 15.4. The van der Waals surface area contributed by atoms with E-state index in [4.69, 9.17) is 9.47 Å². The van der Waals surface area contributed by atoms with Crippen molar-refractivity contribution in [2.75, 3.05) is 19.7 Å². The van der Waals surface area contributed by atoms with E-state index in [1.807, 2.05) is 37.3 Å². The Balaban J connectivity index is 1.55. The third-order valence-electron chi connectivity index (χ3n) is 4.68. The first-order valence-corrected chi connectivity index (χ1v) is 9.39. The molecule has 0 spiro atoms. The fourth-order valence-electron chi connectivity index (χ4n) is 3.38. The van der Waals surface area contributed by atoms with Crippen molar-refractivity contribution in [2.24, 2.45) is 5.92 Å². The summed E-state index contributed by atoms with van der Waals surface area (Å²) in [5.41, 5.74) is 2.37. The van der Waals surface area contributed by atoms with Crippen LogP contribution in [-0.4, -0.2) is 30.6 Å². The predicted molar refractivity (Wildman–Crippen MR) is 102 cm³/mol. The highest BCUT2D eigenvalue weighted by Gasteiger charge is 2.26. The number of likely N-dealkylation sites (tertiary alicyclic amines) is 1. The number of esters is 1. The number of hydrogen-bond donors (Lipinski definition) is 0. The monoisotopic (exact) mass is 353 g/mol. The Morgan fingerprint density at radius 1 is 1.12 bits per heavy atom. The van der Waals surface area contributed by atoms with Crippen LogP contribution in [-0.2, 0) is 22.7 Å². The van der Waals surface area contributed by atoms with Crippen molar-refractivity contribution in [2.45, 2.75) is 32.9 Å². The molecule has 4 nitrogen and oxygen atoms in total. The van der Waals surface area contributed by atoms with E-state index in [2.05, 4.69) is 29.2 Å². The summed E-state index contributed by atoms with van der Waals surface area (Å²) in [5, 5.41) is 0. The van der Waals surface area contributed by atoms with Crippen LogP contribution in [0.4, 0.5) is 0 Å². The van der Waals surface area contributed by atoms with Gasteiger partial charge in [-0.05, 0) is 49.6 Å². The van der Waals surface area contributed by atoms with E-state index in [1.54, 1.807) is 0 Å². The molecule has 1 saturated heterocycles. The van der Waals surface area contributed by atoms with Crippen molar-refractivity contribution in [3.05, 3.63) is 65.7 Å². The highest BCUT2D eigenvalue weighted by molar-refractivity contribution is 5.72. The Bertz CT molecular complexity index is 702. The highest BCUT2D eigenvalue weighted by atomic mass is 16.5. The van der Waals surface area contributed by atoms with Gasteiger partial charge in [-0.3, -0.25) is 9.69 Å². The SMILES string of the molecule is CCOC(=O)[C@@H]1CCCN(Cc2cccc(OCc3ccccc3)c2)C1. The van der Waals surface area contributed by atoms with Crippen LogP contribution >= 0.6 is 0 Å². The van der Waals surface area contributed by atoms with E-state index in [9.17, 15) is 4.79 Å². The van der Waals surface area contributed by atoms with E-state index in [0.29, 0.717) is 13.2 Å². The minimum Gasteiger partial charge on any atom is -0.489 e. The van der Waals surface area contributed by atoms with Crippen LogP contribution in [0.1, 0.15) is 30.9 Å². The van der Waals surface area contributed by atoms with Crippen LogP contribution in [0.2, 0.25) is 0 Å². The number of hydrogen-bond acceptors (Lipinski definition) is 4. The summed E-state index contributed by atoms with van der Waals surface area (Å²) in [6, 6.07) is 18.4. The molecule has 0 aliphatic carbocycles. The smallest absolute Gasteiger partial charge is 0.310 e. The van der Waals surface area contributed by atoms with Crippen LogP contribution in [0.5, 0.6) is 5.75 Å². The average molecular weight is 353 g/mol. The maximum atomic E-state index is 12.0. The molecule has 1 aliphatic heterocycles. The molecule has 1 fully saturated rings. The second-order valence-corrected chi connectivity index (χ2v) is 6.75. The number of piperidine rings is 1. The lowest BCUT2D eigenvalue weighted by molar-refractivity contribution is -0.150. The van der Waals surface area contributed by atoms with Crippen LogP contribution in [0.3, 0.4) is 0 Å². The lowest BCUT2D eigenvalue weighted by Crippen LogP contribution is -2.38. The molecule has 3 rings (SSSR count). The first kappa shape index (κ1) is 18.5. The molecule has 0 bridgehead atoms. The van der Waals surface area contributed by atoms with Crippen molar-refractivity contribution in [3.63, 3.8) is 0 Å². The Labute approximate surface area is 155 Å². The van der Waals surface area contributed by atoms with Gasteiger partial charge in [-0.25, -0.2) is 0 Å². The minimum atomic E-state index is -0.0582. The molecule has 1 atom stereocenters. The van der Waals surface area contributed by atoms with Crippen LogP contribution in [0.25, 0.3) is 0 Å². The zero-order valence-electron chi connectivity index (χ0n) is 15.4. The molecule has 1 heterocycles. The topological polar surface area (TPSA) is 38.8 Å². The Kier molecular flexibility index (Phi) is 6.67. The summed E-state index contributed by atoms with van der Waals surface area (Å²) < 4.78 is 11.1. The zero-order chi connectivity index (χ0) is 18.2. The molecule has 4 heteroatoms. The van der Waals surface area contributed by atoms with Crippen LogP contribution in [0.15, 0.2) is 54.6 Å². The fraction of sp³-hybridized carbons (Fsp3) is 0.409. The summed E-state index contributed by atoms with van der Waals surface area (Å²) in [4.78, 5) is 14.3. The van der Waals surface area contributed by atoms with Gasteiger partial charge < -0.3 is 9.47 Å². The first-order valence-electron chi connectivity index (χ1n) is 9.39. The van der Waals surface area contributed by atoms with Crippen LogP contribution in [0, 0.1) is 5.92 Å². The predicted octanol–water partition coefficient (Wildman–Crippen LogP) is 4.04. The Morgan fingerprint density at radius 3 is 2.73 bits per heavy atom. The molecule has 2 aromatic carbocycles. The van der Waals surface area contributed by atoms with Gasteiger partial charge in [-0.2, -0.15) is 0 Å². The summed E-state index contributed by atoms with van der Waals surface area (Å²) in [5.74, 6) is 0.823. The van der Waals surface area contributed by atoms with Crippen LogP contribution < -0.4 is 4.74 Å². The van der Waals surface area contributed by atoms with Crippen molar-refractivity contribution in [1.82, 2.24) is 4.90 Å². The largest absolute Gasteiger partial charge is 0.489 e. The molecule has 26 heavy (non-hydrogen) atoms. The molecular weight excluding hydrogens is 326 g/mol. The first-order chi connectivity index (χ1) is 12.7. The third-order valence-corrected chi connectivity index (χ3v) is 4.68. The van der Waals surface area contributed by atoms with Crippen molar-refractivity contribution in [3.8, 4) is 5.75 Å². The Hall–Kier alpha value is -2.33. The maximum Gasteiger partial charge on any atom is 0.310 e. The van der Waals surface area contributed by atoms with Crippen molar-refractivity contribution < 1.29 is 14.3 Å². The van der Waals surface area contributed by atoms with Gasteiger partial charge in [-0.15, -0.1) is 0 Å². The van der Waals surface area contributed by atoms with Gasteiger partial charge in [0.2, 0.25) is 0 Å². The Morgan fingerprint density at radius 2 is 1.92 bits per heavy atom. The second kappa shape index (κ2) is 9.39. The maximum absolute atomic E-state index is 12.0. The fourth-order valence-corrected chi connectivity index (χ4v) is 3.38. The van der Waals surface area contributed by atoms with E-state index >= 15 is 0 Å². The second-order valence-electron chi connectivity index (χ2n) is 6.75. The van der Waals surface area contributed by atoms with Gasteiger partial charge >= 0.3 is 5.97 Å². The van der Waals surface area contributed by atoms with Crippen molar-refractivity contribution in [1.29, 1.82) is 0 Å². The highest BCUT2D eigenvalue weighted by Crippen LogP contribution is 2.22. The van der Waals surface area contributed by atoms with E-state index < -0.39 is 0 Å². The average Bonchev–Trinajstić information content (AvgIpc) is 2.68. The van der Waals surface area contributed by atoms with Gasteiger partial charge in [0.1, 0.15) is 12.4 Å². The van der Waals surface area contributed by atoms with E-state index in [0.717, 1.165) is 43.8 Å². The van der Waals surface area contributed by atoms with E-state index in [1.165, 1.54) is 5.56 Å². The summed E-state index contributed by atoms with van der Waals surface area (Å²) in [6.07, 6.45) is 1.96. The molecule has 0 unspecified atom stereocenters. The molecule has 0 aromatic heterocycles. The third kappa shape index (κ3) is 5.33. The number of ether oxygens (including phenoxy) is 2.